The number of alkyl halides is 3. The Bertz CT molecular complexity index is 1240. The molecule has 0 aliphatic carbocycles. The van der Waals surface area contributed by atoms with Gasteiger partial charge in [-0.3, -0.25) is 9.32 Å². The van der Waals surface area contributed by atoms with Crippen LogP contribution in [-0.4, -0.2) is 34.4 Å². The van der Waals surface area contributed by atoms with Crippen molar-refractivity contribution < 1.29 is 41.6 Å². The molecule has 0 spiro atoms. The Labute approximate surface area is 211 Å². The highest BCUT2D eigenvalue weighted by molar-refractivity contribution is 7.46. The molecule has 8 nitrogen and oxygen atoms in total. The van der Waals surface area contributed by atoms with Crippen LogP contribution >= 0.6 is 7.82 Å². The number of hydrogen-bond acceptors (Lipinski definition) is 5. The normalized spacial score (nSPS) is 13.6. The van der Waals surface area contributed by atoms with Crippen molar-refractivity contribution in [3.63, 3.8) is 0 Å². The maximum atomic E-state index is 12.7. The fourth-order valence-corrected chi connectivity index (χ4v) is 3.63. The minimum atomic E-state index is -4.76. The van der Waals surface area contributed by atoms with E-state index in [1.165, 1.54) is 19.1 Å². The van der Waals surface area contributed by atoms with Crippen LogP contribution in [0.15, 0.2) is 72.8 Å². The van der Waals surface area contributed by atoms with Crippen molar-refractivity contribution >= 4 is 19.4 Å². The average Bonchev–Trinajstić information content (AvgIpc) is 2.83. The Morgan fingerprint density at radius 3 is 2.00 bits per heavy atom. The number of hydrogen-bond donors (Lipinski definition) is 4. The van der Waals surface area contributed by atoms with Crippen molar-refractivity contribution in [2.45, 2.75) is 25.1 Å². The molecule has 0 aliphatic heterocycles. The molecule has 1 atom stereocenters. The molecule has 0 heterocycles. The first-order chi connectivity index (χ1) is 17.2. The molecule has 1 unspecified atom stereocenters. The summed E-state index contributed by atoms with van der Waals surface area (Å²) in [7, 11) is -4.76. The van der Waals surface area contributed by atoms with Gasteiger partial charge in [-0.2, -0.15) is 13.2 Å². The van der Waals surface area contributed by atoms with Crippen LogP contribution in [-0.2, 0) is 26.5 Å². The summed E-state index contributed by atoms with van der Waals surface area (Å²) in [6.07, 6.45) is -3.77. The third-order valence-electron chi connectivity index (χ3n) is 5.32. The lowest BCUT2D eigenvalue weighted by Crippen LogP contribution is -2.52. The molecule has 3 aromatic rings. The van der Waals surface area contributed by atoms with Crippen LogP contribution in [0.2, 0.25) is 0 Å². The van der Waals surface area contributed by atoms with Gasteiger partial charge in [0.25, 0.3) is 0 Å². The number of phosphoric ester groups is 1. The number of amides is 1. The molecule has 0 saturated carbocycles. The van der Waals surface area contributed by atoms with Gasteiger partial charge in [0.15, 0.2) is 0 Å². The molecule has 12 heteroatoms. The molecule has 198 valence electrons. The minimum Gasteiger partial charge on any atom is -0.493 e. The second kappa shape index (κ2) is 11.5. The second-order valence-electron chi connectivity index (χ2n) is 8.53. The number of carbonyl (C=O) groups is 1. The van der Waals surface area contributed by atoms with Crippen molar-refractivity contribution in [3.8, 4) is 16.9 Å². The highest BCUT2D eigenvalue weighted by Gasteiger charge is 2.32. The smallest absolute Gasteiger partial charge is 0.469 e. The summed E-state index contributed by atoms with van der Waals surface area (Å²) in [6.45, 7) is 0.979. The number of phosphoric acid groups is 1. The Morgan fingerprint density at radius 1 is 0.946 bits per heavy atom. The molecule has 5 N–H and O–H groups in total. The summed E-state index contributed by atoms with van der Waals surface area (Å²) in [5.74, 6) is -0.130. The Morgan fingerprint density at radius 2 is 1.49 bits per heavy atom. The van der Waals surface area contributed by atoms with E-state index in [0.717, 1.165) is 23.3 Å². The molecule has 0 bridgehead atoms. The first-order valence-electron chi connectivity index (χ1n) is 11.0. The zero-order valence-electron chi connectivity index (χ0n) is 19.7. The third kappa shape index (κ3) is 8.70. The van der Waals surface area contributed by atoms with E-state index in [1.54, 1.807) is 24.3 Å². The maximum absolute atomic E-state index is 12.7. The summed E-state index contributed by atoms with van der Waals surface area (Å²) in [4.78, 5) is 29.8. The monoisotopic (exact) mass is 538 g/mol. The van der Waals surface area contributed by atoms with Crippen LogP contribution in [0.3, 0.4) is 0 Å². The van der Waals surface area contributed by atoms with E-state index in [9.17, 15) is 22.5 Å². The van der Waals surface area contributed by atoms with Gasteiger partial charge in [0.05, 0.1) is 18.8 Å². The molecule has 37 heavy (non-hydrogen) atoms. The summed E-state index contributed by atoms with van der Waals surface area (Å²) in [5, 5.41) is 2.55. The predicted molar refractivity (Wildman–Crippen MR) is 132 cm³/mol. The molecule has 0 fully saturated rings. The van der Waals surface area contributed by atoms with Gasteiger partial charge in [-0.25, -0.2) is 4.57 Å². The highest BCUT2D eigenvalue weighted by Crippen LogP contribution is 2.36. The average molecular weight is 538 g/mol. The van der Waals surface area contributed by atoms with Gasteiger partial charge in [0.1, 0.15) is 11.3 Å². The minimum absolute atomic E-state index is 0.367. The number of ether oxygens (including phenoxy) is 1. The van der Waals surface area contributed by atoms with Crippen molar-refractivity contribution in [2.75, 3.05) is 18.5 Å². The number of nitrogens with one attached hydrogen (secondary N) is 1. The second-order valence-corrected chi connectivity index (χ2v) is 9.77. The molecule has 0 radical (unpaired) electrons. The van der Waals surface area contributed by atoms with E-state index in [-0.39, 0.29) is 0 Å². The van der Waals surface area contributed by atoms with E-state index in [1.807, 2.05) is 24.3 Å². The van der Waals surface area contributed by atoms with E-state index < -0.39 is 37.6 Å². The molecule has 3 aromatic carbocycles. The Hall–Kier alpha value is -3.21. The maximum Gasteiger partial charge on any atom is 0.469 e. The van der Waals surface area contributed by atoms with Crippen molar-refractivity contribution in [1.82, 2.24) is 0 Å². The lowest BCUT2D eigenvalue weighted by molar-refractivity contribution is -0.137. The number of benzene rings is 3. The molecule has 3 rings (SSSR count). The van der Waals surface area contributed by atoms with Crippen LogP contribution in [0, 0.1) is 0 Å². The van der Waals surface area contributed by atoms with Crippen LogP contribution in [0.5, 0.6) is 5.75 Å². The third-order valence-corrected chi connectivity index (χ3v) is 5.79. The molecule has 0 aliphatic rings. The fourth-order valence-electron chi connectivity index (χ4n) is 3.19. The number of carbonyl (C=O) groups excluding carboxylic acids is 1. The first kappa shape index (κ1) is 28.4. The van der Waals surface area contributed by atoms with Gasteiger partial charge in [-0.15, -0.1) is 0 Å². The van der Waals surface area contributed by atoms with Gasteiger partial charge in [0, 0.05) is 12.1 Å². The van der Waals surface area contributed by atoms with Crippen LogP contribution in [0.25, 0.3) is 11.1 Å². The van der Waals surface area contributed by atoms with Crippen LogP contribution < -0.4 is 15.8 Å². The van der Waals surface area contributed by atoms with Crippen molar-refractivity contribution in [2.24, 2.45) is 5.73 Å². The van der Waals surface area contributed by atoms with E-state index in [0.29, 0.717) is 30.0 Å². The summed E-state index contributed by atoms with van der Waals surface area (Å²) < 4.78 is 59.1. The lowest BCUT2D eigenvalue weighted by Gasteiger charge is -2.23. The van der Waals surface area contributed by atoms with Gasteiger partial charge in [0.2, 0.25) is 5.91 Å². The van der Waals surface area contributed by atoms with Crippen LogP contribution in [0.4, 0.5) is 18.9 Å². The number of halogens is 3. The molecular weight excluding hydrogens is 512 g/mol. The summed E-state index contributed by atoms with van der Waals surface area (Å²) >= 11 is 0. The zero-order chi connectivity index (χ0) is 27.3. The topological polar surface area (TPSA) is 131 Å². The van der Waals surface area contributed by atoms with Gasteiger partial charge in [-0.05, 0) is 60.0 Å². The lowest BCUT2D eigenvalue weighted by atomic mass is 10.0. The largest absolute Gasteiger partial charge is 0.493 e. The zero-order valence-corrected chi connectivity index (χ0v) is 20.6. The molecule has 1 amide bonds. The Kier molecular flexibility index (Phi) is 8.78. The molecule has 0 aromatic heterocycles. The first-order valence-corrected chi connectivity index (χ1v) is 12.6. The quantitative estimate of drug-likeness (QED) is 0.274. The standard InChI is InChI=1S/C25H26F3N2O6P/c1-24(29,16-36-37(32,33)34)23(31)30-21-10-12-22(13-11-21)35-15-14-17-2-4-18(5-3-17)19-6-8-20(9-7-19)25(26,27)28/h2-13H,14-16,29H2,1H3,(H,30,31)(H2,32,33,34). The number of anilines is 1. The molecular formula is C25H26F3N2O6P. The van der Waals surface area contributed by atoms with E-state index >= 15 is 0 Å². The Balaban J connectivity index is 1.48. The van der Waals surface area contributed by atoms with Gasteiger partial charge >= 0.3 is 14.0 Å². The highest BCUT2D eigenvalue weighted by atomic mass is 31.2. The van der Waals surface area contributed by atoms with E-state index in [2.05, 4.69) is 9.84 Å². The number of nitrogens with two attached hydrogens (primary N) is 1. The van der Waals surface area contributed by atoms with Crippen molar-refractivity contribution in [1.29, 1.82) is 0 Å². The SMILES string of the molecule is CC(N)(COP(=O)(O)O)C(=O)Nc1ccc(OCCc2ccc(-c3ccc(C(F)(F)F)cc3)cc2)cc1. The van der Waals surface area contributed by atoms with Crippen LogP contribution in [0.1, 0.15) is 18.1 Å². The van der Waals surface area contributed by atoms with Crippen molar-refractivity contribution in [3.05, 3.63) is 83.9 Å². The number of rotatable bonds is 10. The van der Waals surface area contributed by atoms with E-state index in [4.69, 9.17) is 20.3 Å². The fraction of sp³-hybridized carbons (Fsp3) is 0.240. The summed E-state index contributed by atoms with van der Waals surface area (Å²) in [5.41, 5.74) is 6.31. The predicted octanol–water partition coefficient (Wildman–Crippen LogP) is 4.76. The molecule has 0 saturated heterocycles. The van der Waals surface area contributed by atoms with Gasteiger partial charge in [-0.1, -0.05) is 36.4 Å². The summed E-state index contributed by atoms with van der Waals surface area (Å²) in [6, 6.07) is 18.9. The van der Waals surface area contributed by atoms with Gasteiger partial charge < -0.3 is 25.6 Å².